The minimum absolute atomic E-state index is 0.0370. The summed E-state index contributed by atoms with van der Waals surface area (Å²) in [7, 11) is 1.16. The van der Waals surface area contributed by atoms with Crippen molar-refractivity contribution in [2.24, 2.45) is 0 Å². The van der Waals surface area contributed by atoms with Crippen LogP contribution < -0.4 is 5.32 Å². The van der Waals surface area contributed by atoms with Crippen LogP contribution in [-0.4, -0.2) is 33.5 Å². The van der Waals surface area contributed by atoms with E-state index < -0.39 is 16.8 Å². The quantitative estimate of drug-likeness (QED) is 0.422. The lowest BCUT2D eigenvalue weighted by molar-refractivity contribution is -0.384. The van der Waals surface area contributed by atoms with E-state index in [1.54, 1.807) is 47.6 Å². The van der Waals surface area contributed by atoms with Gasteiger partial charge in [0.05, 0.1) is 35.3 Å². The van der Waals surface area contributed by atoms with Crippen LogP contribution >= 0.6 is 0 Å². The van der Waals surface area contributed by atoms with E-state index in [9.17, 15) is 19.7 Å². The Hall–Kier alpha value is -4.01. The van der Waals surface area contributed by atoms with Gasteiger partial charge in [0.25, 0.3) is 11.6 Å². The van der Waals surface area contributed by atoms with Crippen LogP contribution in [-0.2, 0) is 4.74 Å². The highest BCUT2D eigenvalue weighted by atomic mass is 16.6. The maximum atomic E-state index is 12.7. The molecule has 0 saturated carbocycles. The van der Waals surface area contributed by atoms with E-state index in [0.717, 1.165) is 19.2 Å². The fourth-order valence-corrected chi connectivity index (χ4v) is 2.48. The van der Waals surface area contributed by atoms with Gasteiger partial charge in [0.2, 0.25) is 0 Å². The van der Waals surface area contributed by atoms with Crippen LogP contribution in [0.2, 0.25) is 0 Å². The number of benzene rings is 2. The molecule has 0 aliphatic rings. The number of nitro benzene ring substituents is 1. The fraction of sp³-hybridized carbons (Fsp3) is 0.0556. The van der Waals surface area contributed by atoms with Crippen LogP contribution in [0.25, 0.3) is 5.69 Å². The molecule has 0 atom stereocenters. The largest absolute Gasteiger partial charge is 0.465 e. The molecule has 0 bridgehead atoms. The molecule has 0 aliphatic heterocycles. The van der Waals surface area contributed by atoms with Gasteiger partial charge >= 0.3 is 5.97 Å². The second-order valence-electron chi connectivity index (χ2n) is 5.46. The Morgan fingerprint density at radius 2 is 1.93 bits per heavy atom. The number of hydrogen-bond acceptors (Lipinski definition) is 6. The smallest absolute Gasteiger partial charge is 0.338 e. The summed E-state index contributed by atoms with van der Waals surface area (Å²) in [6.45, 7) is 0. The third-order valence-corrected chi connectivity index (χ3v) is 3.75. The van der Waals surface area contributed by atoms with E-state index in [1.165, 1.54) is 6.07 Å². The molecular weight excluding hydrogens is 352 g/mol. The Labute approximate surface area is 153 Å². The number of rotatable bonds is 5. The number of amides is 1. The molecule has 0 radical (unpaired) electrons. The predicted octanol–water partition coefficient (Wildman–Crippen LogP) is 2.82. The number of esters is 1. The molecule has 1 heterocycles. The standard InChI is InChI=1S/C18H14N4O5/c1-27-18(24)13-8-12(9-14(10-13)22(25)26)17(23)20-15-4-2-3-5-16(15)21-7-6-19-11-21/h2-11H,1H3,(H,20,23). The number of non-ortho nitro benzene ring substituents is 1. The monoisotopic (exact) mass is 366 g/mol. The highest BCUT2D eigenvalue weighted by molar-refractivity contribution is 6.07. The number of aromatic nitrogens is 2. The SMILES string of the molecule is COC(=O)c1cc(C(=O)Nc2ccccc2-n2ccnc2)cc([N+](=O)[O-])c1. The molecule has 1 N–H and O–H groups in total. The van der Waals surface area contributed by atoms with Gasteiger partial charge in [0, 0.05) is 30.1 Å². The van der Waals surface area contributed by atoms with Crippen molar-refractivity contribution in [2.45, 2.75) is 0 Å². The number of nitrogens with zero attached hydrogens (tertiary/aromatic N) is 3. The molecule has 0 spiro atoms. The molecule has 3 aromatic rings. The van der Waals surface area contributed by atoms with Gasteiger partial charge in [0.15, 0.2) is 0 Å². The highest BCUT2D eigenvalue weighted by Gasteiger charge is 2.19. The molecule has 9 nitrogen and oxygen atoms in total. The normalized spacial score (nSPS) is 10.3. The van der Waals surface area contributed by atoms with Crippen LogP contribution in [0.15, 0.2) is 61.2 Å². The first-order chi connectivity index (χ1) is 13.0. The molecule has 0 saturated heterocycles. The van der Waals surface area contributed by atoms with Crippen LogP contribution in [0, 0.1) is 10.1 Å². The number of carbonyl (C=O) groups is 2. The lowest BCUT2D eigenvalue weighted by atomic mass is 10.1. The zero-order valence-corrected chi connectivity index (χ0v) is 14.2. The van der Waals surface area contributed by atoms with Crippen molar-refractivity contribution in [1.82, 2.24) is 9.55 Å². The van der Waals surface area contributed by atoms with E-state index in [-0.39, 0.29) is 16.8 Å². The summed E-state index contributed by atoms with van der Waals surface area (Å²) in [5.41, 5.74) is 0.643. The van der Waals surface area contributed by atoms with Crippen LogP contribution in [0.3, 0.4) is 0 Å². The van der Waals surface area contributed by atoms with Crippen molar-refractivity contribution < 1.29 is 19.2 Å². The fourth-order valence-electron chi connectivity index (χ4n) is 2.48. The van der Waals surface area contributed by atoms with E-state index in [4.69, 9.17) is 0 Å². The summed E-state index contributed by atoms with van der Waals surface area (Å²) in [6.07, 6.45) is 4.89. The van der Waals surface area contributed by atoms with Crippen molar-refractivity contribution in [3.05, 3.63) is 82.4 Å². The Morgan fingerprint density at radius 3 is 2.59 bits per heavy atom. The van der Waals surface area contributed by atoms with Gasteiger partial charge in [-0.3, -0.25) is 14.9 Å². The molecule has 3 rings (SSSR count). The number of hydrogen-bond donors (Lipinski definition) is 1. The van der Waals surface area contributed by atoms with Gasteiger partial charge in [-0.2, -0.15) is 0 Å². The molecule has 1 aromatic heterocycles. The van der Waals surface area contributed by atoms with Gasteiger partial charge in [0.1, 0.15) is 0 Å². The van der Waals surface area contributed by atoms with Gasteiger partial charge < -0.3 is 14.6 Å². The Balaban J connectivity index is 1.97. The Kier molecular flexibility index (Phi) is 4.93. The Bertz CT molecular complexity index is 1010. The van der Waals surface area contributed by atoms with E-state index in [2.05, 4.69) is 15.0 Å². The summed E-state index contributed by atoms with van der Waals surface area (Å²) in [4.78, 5) is 38.8. The molecule has 2 aromatic carbocycles. The lowest BCUT2D eigenvalue weighted by Crippen LogP contribution is -2.15. The number of carbonyl (C=O) groups excluding carboxylic acids is 2. The van der Waals surface area contributed by atoms with Gasteiger partial charge in [-0.25, -0.2) is 9.78 Å². The second kappa shape index (κ2) is 7.48. The summed E-state index contributed by atoms with van der Waals surface area (Å²) in [6, 6.07) is 10.4. The summed E-state index contributed by atoms with van der Waals surface area (Å²) < 4.78 is 6.30. The number of anilines is 1. The molecular formula is C18H14N4O5. The average Bonchev–Trinajstić information content (AvgIpc) is 3.22. The van der Waals surface area contributed by atoms with Crippen molar-refractivity contribution in [1.29, 1.82) is 0 Å². The van der Waals surface area contributed by atoms with Crippen molar-refractivity contribution in [3.8, 4) is 5.69 Å². The second-order valence-corrected chi connectivity index (χ2v) is 5.46. The molecule has 0 fully saturated rings. The number of nitro groups is 1. The molecule has 0 aliphatic carbocycles. The highest BCUT2D eigenvalue weighted by Crippen LogP contribution is 2.23. The third-order valence-electron chi connectivity index (χ3n) is 3.75. The third kappa shape index (κ3) is 3.82. The first kappa shape index (κ1) is 17.8. The van der Waals surface area contributed by atoms with Crippen LogP contribution in [0.5, 0.6) is 0 Å². The van der Waals surface area contributed by atoms with Gasteiger partial charge in [-0.1, -0.05) is 12.1 Å². The minimum Gasteiger partial charge on any atom is -0.465 e. The van der Waals surface area contributed by atoms with Crippen molar-refractivity contribution in [3.63, 3.8) is 0 Å². The first-order valence-corrected chi connectivity index (χ1v) is 7.76. The Morgan fingerprint density at radius 1 is 1.19 bits per heavy atom. The molecule has 136 valence electrons. The van der Waals surface area contributed by atoms with Crippen molar-refractivity contribution in [2.75, 3.05) is 12.4 Å². The number of imidazole rings is 1. The molecule has 27 heavy (non-hydrogen) atoms. The molecule has 1 amide bonds. The average molecular weight is 366 g/mol. The van der Waals surface area contributed by atoms with E-state index >= 15 is 0 Å². The zero-order valence-electron chi connectivity index (χ0n) is 14.2. The molecule has 9 heteroatoms. The number of methoxy groups -OCH3 is 1. The zero-order chi connectivity index (χ0) is 19.4. The minimum atomic E-state index is -0.772. The number of ether oxygens (including phenoxy) is 1. The lowest BCUT2D eigenvalue weighted by Gasteiger charge is -2.12. The van der Waals surface area contributed by atoms with Crippen molar-refractivity contribution >= 4 is 23.3 Å². The topological polar surface area (TPSA) is 116 Å². The predicted molar refractivity (Wildman–Crippen MR) is 96.0 cm³/mol. The first-order valence-electron chi connectivity index (χ1n) is 7.76. The van der Waals surface area contributed by atoms with Crippen LogP contribution in [0.1, 0.15) is 20.7 Å². The summed E-state index contributed by atoms with van der Waals surface area (Å²) in [5.74, 6) is -1.37. The number of nitrogens with one attached hydrogen (secondary N) is 1. The van der Waals surface area contributed by atoms with E-state index in [0.29, 0.717) is 11.4 Å². The molecule has 0 unspecified atom stereocenters. The van der Waals surface area contributed by atoms with Gasteiger partial charge in [-0.15, -0.1) is 0 Å². The van der Waals surface area contributed by atoms with Gasteiger partial charge in [-0.05, 0) is 18.2 Å². The number of para-hydroxylation sites is 2. The summed E-state index contributed by atoms with van der Waals surface area (Å²) >= 11 is 0. The summed E-state index contributed by atoms with van der Waals surface area (Å²) in [5, 5.41) is 13.8. The maximum Gasteiger partial charge on any atom is 0.338 e. The maximum absolute atomic E-state index is 12.7. The van der Waals surface area contributed by atoms with Crippen LogP contribution in [0.4, 0.5) is 11.4 Å². The van der Waals surface area contributed by atoms with E-state index in [1.807, 2.05) is 0 Å².